The Morgan fingerprint density at radius 2 is 1.70 bits per heavy atom. The van der Waals surface area contributed by atoms with Gasteiger partial charge in [-0.15, -0.1) is 0 Å². The maximum absolute atomic E-state index is 4.57. The Hall–Kier alpha value is -1.36. The fourth-order valence-corrected chi connectivity index (χ4v) is 2.84. The van der Waals surface area contributed by atoms with Crippen molar-refractivity contribution in [1.29, 1.82) is 0 Å². The monoisotopic (exact) mass is 277 g/mol. The van der Waals surface area contributed by atoms with Gasteiger partial charge in [-0.2, -0.15) is 0 Å². The molecule has 0 aromatic carbocycles. The van der Waals surface area contributed by atoms with Crippen molar-refractivity contribution in [2.24, 2.45) is 0 Å². The second kappa shape index (κ2) is 6.39. The molecule has 0 bridgehead atoms. The minimum Gasteiger partial charge on any atom is -0.370 e. The first-order chi connectivity index (χ1) is 9.52. The minimum atomic E-state index is 0.538. The van der Waals surface area contributed by atoms with E-state index in [1.54, 1.807) is 0 Å². The van der Waals surface area contributed by atoms with Crippen LogP contribution < -0.4 is 10.7 Å². The molecule has 2 atom stereocenters. The third-order valence-electron chi connectivity index (χ3n) is 4.03. The summed E-state index contributed by atoms with van der Waals surface area (Å²) in [5.74, 6) is 2.65. The molecule has 1 fully saturated rings. The molecule has 5 nitrogen and oxygen atoms in total. The summed E-state index contributed by atoms with van der Waals surface area (Å²) < 4.78 is 0. The standard InChI is InChI=1S/C15H27N5/c1-6-16-14-12(4)15(18-13(5)17-14)19-20-10(2)8-7-9-11(20)3/h10-11H,6-9H2,1-5H3,(H2,16,17,18,19). The first kappa shape index (κ1) is 15.0. The van der Waals surface area contributed by atoms with Gasteiger partial charge in [0.15, 0.2) is 0 Å². The van der Waals surface area contributed by atoms with Crippen LogP contribution in [0.1, 0.15) is 51.4 Å². The van der Waals surface area contributed by atoms with Crippen LogP contribution in [0.4, 0.5) is 11.6 Å². The Balaban J connectivity index is 2.23. The molecule has 1 aromatic rings. The highest BCUT2D eigenvalue weighted by atomic mass is 15.5. The van der Waals surface area contributed by atoms with Gasteiger partial charge in [-0.05, 0) is 47.5 Å². The second-order valence-corrected chi connectivity index (χ2v) is 5.77. The van der Waals surface area contributed by atoms with Gasteiger partial charge < -0.3 is 10.7 Å². The molecule has 5 heteroatoms. The van der Waals surface area contributed by atoms with E-state index in [-0.39, 0.29) is 0 Å². The van der Waals surface area contributed by atoms with Crippen LogP contribution in [-0.4, -0.2) is 33.6 Å². The molecule has 2 N–H and O–H groups in total. The summed E-state index contributed by atoms with van der Waals surface area (Å²) in [5, 5.41) is 5.65. The van der Waals surface area contributed by atoms with Crippen molar-refractivity contribution >= 4 is 11.6 Å². The molecule has 1 saturated heterocycles. The fourth-order valence-electron chi connectivity index (χ4n) is 2.84. The van der Waals surface area contributed by atoms with Crippen molar-refractivity contribution in [3.05, 3.63) is 11.4 Å². The molecule has 0 aliphatic carbocycles. The molecule has 2 unspecified atom stereocenters. The number of nitrogens with zero attached hydrogens (tertiary/aromatic N) is 3. The van der Waals surface area contributed by atoms with Gasteiger partial charge in [0.1, 0.15) is 17.5 Å². The predicted molar refractivity (Wildman–Crippen MR) is 83.9 cm³/mol. The summed E-state index contributed by atoms with van der Waals surface area (Å²) in [6.45, 7) is 11.5. The molecule has 0 saturated carbocycles. The zero-order valence-corrected chi connectivity index (χ0v) is 13.3. The lowest BCUT2D eigenvalue weighted by atomic mass is 10.00. The van der Waals surface area contributed by atoms with E-state index in [0.717, 1.165) is 29.6 Å². The van der Waals surface area contributed by atoms with Crippen LogP contribution in [0.15, 0.2) is 0 Å². The molecule has 112 valence electrons. The summed E-state index contributed by atoms with van der Waals surface area (Å²) >= 11 is 0. The Labute approximate surface area is 122 Å². The van der Waals surface area contributed by atoms with E-state index in [9.17, 15) is 0 Å². The van der Waals surface area contributed by atoms with Crippen LogP contribution in [0.3, 0.4) is 0 Å². The molecule has 0 spiro atoms. The number of aryl methyl sites for hydroxylation is 1. The molecule has 2 heterocycles. The first-order valence-corrected chi connectivity index (χ1v) is 7.67. The van der Waals surface area contributed by atoms with E-state index in [1.807, 2.05) is 6.92 Å². The van der Waals surface area contributed by atoms with Crippen molar-refractivity contribution in [2.45, 2.75) is 66.0 Å². The van der Waals surface area contributed by atoms with Gasteiger partial charge >= 0.3 is 0 Å². The van der Waals surface area contributed by atoms with Crippen LogP contribution in [0.5, 0.6) is 0 Å². The molecule has 0 amide bonds. The number of hydrazine groups is 1. The van der Waals surface area contributed by atoms with Crippen molar-refractivity contribution in [2.75, 3.05) is 17.3 Å². The van der Waals surface area contributed by atoms with E-state index in [0.29, 0.717) is 12.1 Å². The summed E-state index contributed by atoms with van der Waals surface area (Å²) in [6.07, 6.45) is 3.78. The van der Waals surface area contributed by atoms with Crippen molar-refractivity contribution in [3.63, 3.8) is 0 Å². The van der Waals surface area contributed by atoms with Crippen LogP contribution >= 0.6 is 0 Å². The lowest BCUT2D eigenvalue weighted by molar-refractivity contribution is 0.135. The van der Waals surface area contributed by atoms with Gasteiger partial charge in [0.05, 0.1) is 0 Å². The molecule has 1 aromatic heterocycles. The summed E-state index contributed by atoms with van der Waals surface area (Å²) in [7, 11) is 0. The van der Waals surface area contributed by atoms with Crippen molar-refractivity contribution < 1.29 is 0 Å². The van der Waals surface area contributed by atoms with Gasteiger partial charge in [-0.1, -0.05) is 6.42 Å². The largest absolute Gasteiger partial charge is 0.370 e. The Morgan fingerprint density at radius 1 is 1.10 bits per heavy atom. The highest BCUT2D eigenvalue weighted by molar-refractivity contribution is 5.56. The number of nitrogens with one attached hydrogen (secondary N) is 2. The minimum absolute atomic E-state index is 0.538. The zero-order chi connectivity index (χ0) is 14.7. The predicted octanol–water partition coefficient (Wildman–Crippen LogP) is 3.12. The average Bonchev–Trinajstić information content (AvgIpc) is 2.39. The van der Waals surface area contributed by atoms with E-state index < -0.39 is 0 Å². The SMILES string of the molecule is CCNc1nc(C)nc(NN2C(C)CCCC2C)c1C. The van der Waals surface area contributed by atoms with Gasteiger partial charge in [-0.25, -0.2) is 15.0 Å². The topological polar surface area (TPSA) is 53.1 Å². The number of rotatable bonds is 4. The third-order valence-corrected chi connectivity index (χ3v) is 4.03. The number of aromatic nitrogens is 2. The Morgan fingerprint density at radius 3 is 2.30 bits per heavy atom. The molecular formula is C15H27N5. The zero-order valence-electron chi connectivity index (χ0n) is 13.3. The van der Waals surface area contributed by atoms with Crippen LogP contribution in [0.2, 0.25) is 0 Å². The smallest absolute Gasteiger partial charge is 0.149 e. The molecule has 1 aliphatic rings. The lowest BCUT2D eigenvalue weighted by Gasteiger charge is -2.39. The molecule has 20 heavy (non-hydrogen) atoms. The fraction of sp³-hybridized carbons (Fsp3) is 0.733. The highest BCUT2D eigenvalue weighted by Gasteiger charge is 2.25. The number of hydrogen-bond acceptors (Lipinski definition) is 5. The second-order valence-electron chi connectivity index (χ2n) is 5.77. The Bertz CT molecular complexity index is 450. The summed E-state index contributed by atoms with van der Waals surface area (Å²) in [4.78, 5) is 9.05. The molecule has 2 rings (SSSR count). The van der Waals surface area contributed by atoms with Gasteiger partial charge in [0, 0.05) is 24.2 Å². The Kier molecular flexibility index (Phi) is 4.81. The van der Waals surface area contributed by atoms with E-state index in [1.165, 1.54) is 19.3 Å². The lowest BCUT2D eigenvalue weighted by Crippen LogP contribution is -2.47. The van der Waals surface area contributed by atoms with E-state index in [4.69, 9.17) is 0 Å². The number of piperidine rings is 1. The van der Waals surface area contributed by atoms with E-state index >= 15 is 0 Å². The first-order valence-electron chi connectivity index (χ1n) is 7.67. The molecule has 0 radical (unpaired) electrons. The average molecular weight is 277 g/mol. The van der Waals surface area contributed by atoms with Crippen molar-refractivity contribution in [3.8, 4) is 0 Å². The van der Waals surface area contributed by atoms with Gasteiger partial charge in [0.2, 0.25) is 0 Å². The number of hydrogen-bond donors (Lipinski definition) is 2. The molecular weight excluding hydrogens is 250 g/mol. The van der Waals surface area contributed by atoms with Gasteiger partial charge in [0.25, 0.3) is 0 Å². The third kappa shape index (κ3) is 3.20. The van der Waals surface area contributed by atoms with E-state index in [2.05, 4.69) is 53.4 Å². The van der Waals surface area contributed by atoms with Crippen LogP contribution in [-0.2, 0) is 0 Å². The normalized spacial score (nSPS) is 23.6. The summed E-state index contributed by atoms with van der Waals surface area (Å²) in [5.41, 5.74) is 4.62. The summed E-state index contributed by atoms with van der Waals surface area (Å²) in [6, 6.07) is 1.08. The van der Waals surface area contributed by atoms with Gasteiger partial charge in [-0.3, -0.25) is 0 Å². The quantitative estimate of drug-likeness (QED) is 0.885. The maximum Gasteiger partial charge on any atom is 0.149 e. The number of anilines is 2. The van der Waals surface area contributed by atoms with Crippen molar-refractivity contribution in [1.82, 2.24) is 15.0 Å². The maximum atomic E-state index is 4.57. The van der Waals surface area contributed by atoms with Crippen LogP contribution in [0.25, 0.3) is 0 Å². The highest BCUT2D eigenvalue weighted by Crippen LogP contribution is 2.26. The van der Waals surface area contributed by atoms with Crippen LogP contribution in [0, 0.1) is 13.8 Å². The molecule has 1 aliphatic heterocycles.